The van der Waals surface area contributed by atoms with Gasteiger partial charge in [-0.15, -0.1) is 0 Å². The second kappa shape index (κ2) is 9.85. The van der Waals surface area contributed by atoms with Crippen LogP contribution >= 0.6 is 0 Å². The molecule has 2 aliphatic rings. The number of aliphatic hydroxyl groups excluding tert-OH is 1. The summed E-state index contributed by atoms with van der Waals surface area (Å²) in [5, 5.41) is 16.1. The van der Waals surface area contributed by atoms with Crippen molar-refractivity contribution in [1.29, 1.82) is 0 Å². The molecule has 1 aromatic carbocycles. The predicted molar refractivity (Wildman–Crippen MR) is 126 cm³/mol. The van der Waals surface area contributed by atoms with Crippen molar-refractivity contribution in [1.82, 2.24) is 9.78 Å². The maximum atomic E-state index is 13.8. The van der Waals surface area contributed by atoms with Crippen molar-refractivity contribution in [3.8, 4) is 5.69 Å². The van der Waals surface area contributed by atoms with Gasteiger partial charge in [0.2, 0.25) is 0 Å². The zero-order valence-corrected chi connectivity index (χ0v) is 20.3. The van der Waals surface area contributed by atoms with Crippen molar-refractivity contribution in [3.63, 3.8) is 0 Å². The van der Waals surface area contributed by atoms with Crippen LogP contribution in [-0.4, -0.2) is 51.9 Å². The van der Waals surface area contributed by atoms with Gasteiger partial charge in [-0.3, -0.25) is 9.59 Å². The summed E-state index contributed by atoms with van der Waals surface area (Å²) >= 11 is 0. The average Bonchev–Trinajstić information content (AvgIpc) is 3.17. The Balaban J connectivity index is 1.69. The van der Waals surface area contributed by atoms with Crippen molar-refractivity contribution in [2.24, 2.45) is 11.1 Å². The number of carbonyl (C=O) groups excluding carboxylic acids is 2. The lowest BCUT2D eigenvalue weighted by molar-refractivity contribution is -0.141. The first-order valence-electron chi connectivity index (χ1n) is 12.0. The second-order valence-corrected chi connectivity index (χ2v) is 10.3. The molecular weight excluding hydrogens is 477 g/mol. The van der Waals surface area contributed by atoms with E-state index in [2.05, 4.69) is 10.4 Å². The van der Waals surface area contributed by atoms with E-state index in [9.17, 15) is 22.8 Å². The summed E-state index contributed by atoms with van der Waals surface area (Å²) in [6.45, 7) is 3.91. The van der Waals surface area contributed by atoms with Gasteiger partial charge in [-0.25, -0.2) is 4.68 Å². The number of rotatable bonds is 7. The molecule has 1 heterocycles. The molecule has 0 aliphatic heterocycles. The van der Waals surface area contributed by atoms with E-state index < -0.39 is 29.0 Å². The van der Waals surface area contributed by atoms with E-state index in [4.69, 9.17) is 15.6 Å². The molecule has 4 N–H and O–H groups in total. The molecule has 2 aromatic rings. The molecule has 2 aliphatic carbocycles. The number of ketones is 1. The third kappa shape index (κ3) is 5.41. The Hall–Kier alpha value is -2.92. The lowest BCUT2D eigenvalue weighted by atomic mass is 9.75. The Bertz CT molecular complexity index is 1150. The van der Waals surface area contributed by atoms with Crippen LogP contribution in [0.25, 0.3) is 5.69 Å². The highest BCUT2D eigenvalue weighted by atomic mass is 19.4. The van der Waals surface area contributed by atoms with Gasteiger partial charge in [-0.05, 0) is 55.7 Å². The van der Waals surface area contributed by atoms with Gasteiger partial charge in [-0.2, -0.15) is 18.3 Å². The monoisotopic (exact) mass is 508 g/mol. The summed E-state index contributed by atoms with van der Waals surface area (Å²) in [5.74, 6) is -1.24. The number of halogens is 3. The van der Waals surface area contributed by atoms with E-state index in [1.807, 2.05) is 13.8 Å². The highest BCUT2D eigenvalue weighted by Gasteiger charge is 2.45. The minimum absolute atomic E-state index is 0.00473. The summed E-state index contributed by atoms with van der Waals surface area (Å²) in [7, 11) is 0. The van der Waals surface area contributed by atoms with E-state index in [0.717, 1.165) is 25.7 Å². The number of fused-ring (bicyclic) bond motifs is 1. The third-order valence-corrected chi connectivity index (χ3v) is 6.81. The number of benzene rings is 1. The van der Waals surface area contributed by atoms with Crippen LogP contribution in [0.2, 0.25) is 0 Å². The SMILES string of the molecule is CC1(C)CC(=O)c2c(C(F)(F)F)nn(-c3ccc(C(N)=O)c(N[C@H]4CC[C@H](OCCO)CC4)c3)c2C1. The number of nitrogens with zero attached hydrogens (tertiary/aromatic N) is 2. The van der Waals surface area contributed by atoms with Gasteiger partial charge in [0.15, 0.2) is 11.5 Å². The molecule has 1 saturated carbocycles. The first-order valence-corrected chi connectivity index (χ1v) is 12.0. The zero-order chi connectivity index (χ0) is 26.3. The number of nitrogens with two attached hydrogens (primary N) is 1. The topological polar surface area (TPSA) is 119 Å². The molecule has 1 amide bonds. The van der Waals surface area contributed by atoms with E-state index in [1.54, 1.807) is 6.07 Å². The number of anilines is 1. The number of hydrogen-bond acceptors (Lipinski definition) is 6. The number of nitrogens with one attached hydrogen (secondary N) is 1. The Labute approximate surface area is 207 Å². The molecule has 1 aromatic heterocycles. The molecule has 1 fully saturated rings. The van der Waals surface area contributed by atoms with Crippen molar-refractivity contribution >= 4 is 17.4 Å². The standard InChI is InChI=1S/C25H31F3N4O4/c1-24(2)12-19-21(20(34)13-24)22(25(26,27)28)31-32(19)15-5-8-17(23(29)35)18(11-15)30-14-3-6-16(7-4-14)36-10-9-33/h5,8,11,14,16,30,33H,3-4,6-7,9-10,12-13H2,1-2H3,(H2,29,35)/t14-,16-. The van der Waals surface area contributed by atoms with Crippen LogP contribution in [-0.2, 0) is 17.3 Å². The van der Waals surface area contributed by atoms with Crippen LogP contribution in [0.5, 0.6) is 0 Å². The molecule has 0 radical (unpaired) electrons. The number of primary amides is 1. The third-order valence-electron chi connectivity index (χ3n) is 6.81. The molecular formula is C25H31F3N4O4. The van der Waals surface area contributed by atoms with Crippen molar-refractivity contribution in [3.05, 3.63) is 40.7 Å². The van der Waals surface area contributed by atoms with Crippen molar-refractivity contribution < 1.29 is 32.6 Å². The molecule has 0 spiro atoms. The fourth-order valence-electron chi connectivity index (χ4n) is 5.17. The molecule has 0 unspecified atom stereocenters. The summed E-state index contributed by atoms with van der Waals surface area (Å²) in [6, 6.07) is 4.52. The van der Waals surface area contributed by atoms with Gasteiger partial charge in [0.05, 0.1) is 41.8 Å². The fraction of sp³-hybridized carbons (Fsp3) is 0.560. The lowest BCUT2D eigenvalue weighted by Gasteiger charge is -2.30. The Morgan fingerprint density at radius 2 is 1.94 bits per heavy atom. The maximum absolute atomic E-state index is 13.8. The fourth-order valence-corrected chi connectivity index (χ4v) is 5.17. The van der Waals surface area contributed by atoms with Crippen molar-refractivity contribution in [2.45, 2.75) is 70.7 Å². The second-order valence-electron chi connectivity index (χ2n) is 10.3. The normalized spacial score (nSPS) is 21.8. The van der Waals surface area contributed by atoms with Crippen LogP contribution < -0.4 is 11.1 Å². The highest BCUT2D eigenvalue weighted by molar-refractivity contribution is 6.00. The van der Waals surface area contributed by atoms with Crippen LogP contribution in [0.4, 0.5) is 18.9 Å². The van der Waals surface area contributed by atoms with Crippen LogP contribution in [0.1, 0.15) is 78.1 Å². The number of aliphatic hydroxyl groups is 1. The van der Waals surface area contributed by atoms with E-state index in [0.29, 0.717) is 11.4 Å². The minimum Gasteiger partial charge on any atom is -0.394 e. The smallest absolute Gasteiger partial charge is 0.394 e. The van der Waals surface area contributed by atoms with E-state index in [-0.39, 0.29) is 55.0 Å². The number of ether oxygens (including phenoxy) is 1. The lowest BCUT2D eigenvalue weighted by Crippen LogP contribution is -2.31. The molecule has 4 rings (SSSR count). The van der Waals surface area contributed by atoms with Crippen LogP contribution in [0.3, 0.4) is 0 Å². The van der Waals surface area contributed by atoms with Gasteiger partial charge >= 0.3 is 6.18 Å². The van der Waals surface area contributed by atoms with E-state index in [1.165, 1.54) is 16.8 Å². The van der Waals surface area contributed by atoms with E-state index >= 15 is 0 Å². The van der Waals surface area contributed by atoms with Gasteiger partial charge in [0.1, 0.15) is 0 Å². The number of amides is 1. The number of aromatic nitrogens is 2. The molecule has 0 saturated heterocycles. The summed E-state index contributed by atoms with van der Waals surface area (Å²) in [4.78, 5) is 24.8. The first kappa shape index (κ1) is 26.2. The quantitative estimate of drug-likeness (QED) is 0.522. The molecule has 8 nitrogen and oxygen atoms in total. The minimum atomic E-state index is -4.78. The average molecular weight is 509 g/mol. The summed E-state index contributed by atoms with van der Waals surface area (Å²) in [6.07, 6.45) is -1.45. The Kier molecular flexibility index (Phi) is 7.16. The van der Waals surface area contributed by atoms with Crippen molar-refractivity contribution in [2.75, 3.05) is 18.5 Å². The number of hydrogen-bond donors (Lipinski definition) is 3. The largest absolute Gasteiger partial charge is 0.435 e. The summed E-state index contributed by atoms with van der Waals surface area (Å²) in [5.41, 5.74) is 4.62. The number of carbonyl (C=O) groups is 2. The zero-order valence-electron chi connectivity index (χ0n) is 20.3. The molecule has 36 heavy (non-hydrogen) atoms. The summed E-state index contributed by atoms with van der Waals surface area (Å²) < 4.78 is 48.2. The Morgan fingerprint density at radius 3 is 2.56 bits per heavy atom. The molecule has 0 atom stereocenters. The number of Topliss-reactive ketones (excluding diaryl/α,β-unsaturated/α-hetero) is 1. The van der Waals surface area contributed by atoms with Crippen LogP contribution in [0.15, 0.2) is 18.2 Å². The molecule has 11 heteroatoms. The Morgan fingerprint density at radius 1 is 1.25 bits per heavy atom. The highest BCUT2D eigenvalue weighted by Crippen LogP contribution is 2.42. The van der Waals surface area contributed by atoms with Crippen LogP contribution in [0, 0.1) is 5.41 Å². The maximum Gasteiger partial charge on any atom is 0.435 e. The molecule has 196 valence electrons. The van der Waals surface area contributed by atoms with Gasteiger partial charge < -0.3 is 20.9 Å². The first-order chi connectivity index (χ1) is 16.9. The predicted octanol–water partition coefficient (Wildman–Crippen LogP) is 3.88. The van der Waals surface area contributed by atoms with Gasteiger partial charge in [-0.1, -0.05) is 13.8 Å². The van der Waals surface area contributed by atoms with Gasteiger partial charge in [0, 0.05) is 18.2 Å². The molecule has 0 bridgehead atoms. The number of alkyl halides is 3. The van der Waals surface area contributed by atoms with Gasteiger partial charge in [0.25, 0.3) is 5.91 Å².